The van der Waals surface area contributed by atoms with Crippen LogP contribution in [-0.4, -0.2) is 51.9 Å². The highest BCUT2D eigenvalue weighted by Gasteiger charge is 2.22. The largest absolute Gasteiger partial charge is 0.496 e. The average molecular weight is 522 g/mol. The first-order valence-electron chi connectivity index (χ1n) is 13.2. The predicted molar refractivity (Wildman–Crippen MR) is 151 cm³/mol. The second kappa shape index (κ2) is 13.1. The highest BCUT2D eigenvalue weighted by Crippen LogP contribution is 2.27. The van der Waals surface area contributed by atoms with Gasteiger partial charge in [-0.3, -0.25) is 4.79 Å². The van der Waals surface area contributed by atoms with Crippen molar-refractivity contribution in [2.45, 2.75) is 60.0 Å². The average Bonchev–Trinajstić information content (AvgIpc) is 2.90. The molecule has 0 saturated heterocycles. The third kappa shape index (κ3) is 6.70. The zero-order valence-corrected chi connectivity index (χ0v) is 23.2. The lowest BCUT2D eigenvalue weighted by Crippen LogP contribution is -2.33. The monoisotopic (exact) mass is 521 g/mol. The van der Waals surface area contributed by atoms with Gasteiger partial charge in [-0.2, -0.15) is 4.98 Å². The van der Waals surface area contributed by atoms with E-state index in [0.717, 1.165) is 36.2 Å². The Kier molecular flexibility index (Phi) is 9.87. The number of pyridine rings is 1. The SMILES string of the molecule is CCN(CC)c1ncc(CC(C)C)c(N[C@@H](Cc2ccc(-c3c(OC)ccn(CC)c3=O)cc2)C(=O)O)n1. The van der Waals surface area contributed by atoms with Gasteiger partial charge < -0.3 is 24.6 Å². The molecule has 0 amide bonds. The minimum Gasteiger partial charge on any atom is -0.496 e. The number of carboxylic acids is 1. The van der Waals surface area contributed by atoms with E-state index in [4.69, 9.17) is 9.72 Å². The van der Waals surface area contributed by atoms with Crippen molar-refractivity contribution in [1.29, 1.82) is 0 Å². The van der Waals surface area contributed by atoms with Crippen molar-refractivity contribution in [3.8, 4) is 16.9 Å². The first kappa shape index (κ1) is 28.7. The van der Waals surface area contributed by atoms with E-state index in [9.17, 15) is 14.7 Å². The summed E-state index contributed by atoms with van der Waals surface area (Å²) in [6, 6.07) is 8.26. The number of benzene rings is 1. The Labute approximate surface area is 224 Å². The number of rotatable bonds is 13. The van der Waals surface area contributed by atoms with Gasteiger partial charge in [-0.05, 0) is 50.3 Å². The summed E-state index contributed by atoms with van der Waals surface area (Å²) in [7, 11) is 1.54. The third-order valence-electron chi connectivity index (χ3n) is 6.51. The number of hydrogen-bond donors (Lipinski definition) is 2. The fourth-order valence-electron chi connectivity index (χ4n) is 4.42. The van der Waals surface area contributed by atoms with Crippen LogP contribution in [0.1, 0.15) is 45.7 Å². The van der Waals surface area contributed by atoms with E-state index in [2.05, 4.69) is 24.1 Å². The zero-order valence-electron chi connectivity index (χ0n) is 23.2. The van der Waals surface area contributed by atoms with E-state index in [1.54, 1.807) is 30.1 Å². The number of carbonyl (C=O) groups is 1. The molecule has 1 atom stereocenters. The van der Waals surface area contributed by atoms with Gasteiger partial charge in [0.25, 0.3) is 5.56 Å². The number of carboxylic acid groups (broad SMARTS) is 1. The van der Waals surface area contributed by atoms with E-state index in [-0.39, 0.29) is 12.0 Å². The summed E-state index contributed by atoms with van der Waals surface area (Å²) in [5.41, 5.74) is 2.79. The number of methoxy groups -OCH3 is 1. The predicted octanol–water partition coefficient (Wildman–Crippen LogP) is 4.49. The fourth-order valence-corrected chi connectivity index (χ4v) is 4.42. The van der Waals surface area contributed by atoms with Gasteiger partial charge in [0, 0.05) is 44.0 Å². The third-order valence-corrected chi connectivity index (χ3v) is 6.51. The molecule has 0 fully saturated rings. The van der Waals surface area contributed by atoms with Crippen LogP contribution >= 0.6 is 0 Å². The number of aliphatic carboxylic acids is 1. The van der Waals surface area contributed by atoms with Crippen LogP contribution in [0, 0.1) is 5.92 Å². The fraction of sp³-hybridized carbons (Fsp3) is 0.448. The Morgan fingerprint density at radius 2 is 1.79 bits per heavy atom. The van der Waals surface area contributed by atoms with Crippen LogP contribution in [0.3, 0.4) is 0 Å². The molecular formula is C29H39N5O4. The normalized spacial score (nSPS) is 11.9. The molecule has 2 aromatic heterocycles. The van der Waals surface area contributed by atoms with Crippen molar-refractivity contribution >= 4 is 17.7 Å². The van der Waals surface area contributed by atoms with Crippen LogP contribution in [0.25, 0.3) is 11.1 Å². The van der Waals surface area contributed by atoms with Crippen LogP contribution in [0.5, 0.6) is 5.75 Å². The topological polar surface area (TPSA) is 110 Å². The Hall–Kier alpha value is -3.88. The number of nitrogens with one attached hydrogen (secondary N) is 1. The summed E-state index contributed by atoms with van der Waals surface area (Å²) in [4.78, 5) is 36.5. The molecule has 9 heteroatoms. The molecule has 2 N–H and O–H groups in total. The van der Waals surface area contributed by atoms with E-state index in [1.165, 1.54) is 0 Å². The first-order chi connectivity index (χ1) is 18.2. The lowest BCUT2D eigenvalue weighted by atomic mass is 10.00. The molecule has 0 aliphatic carbocycles. The molecule has 0 aliphatic heterocycles. The van der Waals surface area contributed by atoms with Crippen LogP contribution in [0.15, 0.2) is 47.5 Å². The van der Waals surface area contributed by atoms with E-state index >= 15 is 0 Å². The van der Waals surface area contributed by atoms with Gasteiger partial charge in [-0.1, -0.05) is 38.1 Å². The Balaban J connectivity index is 1.90. The van der Waals surface area contributed by atoms with Gasteiger partial charge in [-0.25, -0.2) is 9.78 Å². The summed E-state index contributed by atoms with van der Waals surface area (Å²) in [6.45, 7) is 12.3. The number of hydrogen-bond acceptors (Lipinski definition) is 7. The number of anilines is 2. The second-order valence-electron chi connectivity index (χ2n) is 9.60. The number of aryl methyl sites for hydroxylation is 1. The highest BCUT2D eigenvalue weighted by molar-refractivity contribution is 5.78. The van der Waals surface area contributed by atoms with E-state index in [0.29, 0.717) is 35.5 Å². The lowest BCUT2D eigenvalue weighted by Gasteiger charge is -2.23. The van der Waals surface area contributed by atoms with Gasteiger partial charge in [-0.15, -0.1) is 0 Å². The van der Waals surface area contributed by atoms with Gasteiger partial charge in [0.05, 0.1) is 12.7 Å². The Morgan fingerprint density at radius 1 is 1.11 bits per heavy atom. The van der Waals surface area contributed by atoms with E-state index in [1.807, 2.05) is 49.9 Å². The van der Waals surface area contributed by atoms with Gasteiger partial charge in [0.1, 0.15) is 17.6 Å². The molecular weight excluding hydrogens is 482 g/mol. The molecule has 38 heavy (non-hydrogen) atoms. The van der Waals surface area contributed by atoms with Crippen molar-refractivity contribution in [1.82, 2.24) is 14.5 Å². The first-order valence-corrected chi connectivity index (χ1v) is 13.2. The molecule has 0 spiro atoms. The molecule has 0 bridgehead atoms. The summed E-state index contributed by atoms with van der Waals surface area (Å²) in [5, 5.41) is 13.2. The zero-order chi connectivity index (χ0) is 27.8. The highest BCUT2D eigenvalue weighted by atomic mass is 16.5. The van der Waals surface area contributed by atoms with Crippen LogP contribution in [0.4, 0.5) is 11.8 Å². The maximum atomic E-state index is 12.9. The molecule has 1 aromatic carbocycles. The quantitative estimate of drug-likeness (QED) is 0.339. The van der Waals surface area contributed by atoms with Crippen LogP contribution in [0.2, 0.25) is 0 Å². The molecule has 3 rings (SSSR count). The molecule has 0 saturated carbocycles. The van der Waals surface area contributed by atoms with Crippen LogP contribution in [-0.2, 0) is 24.2 Å². The standard InChI is InChI=1S/C29H39N5O4/c1-7-33(8-2)29-30-18-22(16-19(4)5)26(32-29)31-23(28(36)37)17-20-10-12-21(13-11-20)25-24(38-6)14-15-34(9-3)27(25)35/h10-15,18-19,23H,7-9,16-17H2,1-6H3,(H,36,37)(H,30,31,32)/t23-/m0/s1. The van der Waals surface area contributed by atoms with Gasteiger partial charge in [0.15, 0.2) is 0 Å². The molecule has 204 valence electrons. The number of ether oxygens (including phenoxy) is 1. The number of aromatic nitrogens is 3. The van der Waals surface area contributed by atoms with E-state index < -0.39 is 12.0 Å². The summed E-state index contributed by atoms with van der Waals surface area (Å²) in [5.74, 6) is 1.02. The van der Waals surface area contributed by atoms with Crippen LogP contribution < -0.4 is 20.5 Å². The molecule has 0 radical (unpaired) electrons. The van der Waals surface area contributed by atoms with Crippen molar-refractivity contribution < 1.29 is 14.6 Å². The summed E-state index contributed by atoms with van der Waals surface area (Å²) < 4.78 is 7.06. The maximum absolute atomic E-state index is 12.9. The molecule has 9 nitrogen and oxygen atoms in total. The smallest absolute Gasteiger partial charge is 0.326 e. The van der Waals surface area contributed by atoms with Crippen molar-refractivity contribution in [3.63, 3.8) is 0 Å². The number of nitrogens with zero attached hydrogens (tertiary/aromatic N) is 4. The Bertz CT molecular complexity index is 1280. The Morgan fingerprint density at radius 3 is 2.34 bits per heavy atom. The molecule has 0 aliphatic rings. The summed E-state index contributed by atoms with van der Waals surface area (Å²) >= 11 is 0. The van der Waals surface area contributed by atoms with Gasteiger partial charge in [0.2, 0.25) is 5.95 Å². The minimum absolute atomic E-state index is 0.130. The maximum Gasteiger partial charge on any atom is 0.326 e. The van der Waals surface area contributed by atoms with Crippen molar-refractivity contribution in [3.05, 3.63) is 64.2 Å². The van der Waals surface area contributed by atoms with Crippen molar-refractivity contribution in [2.24, 2.45) is 5.92 Å². The lowest BCUT2D eigenvalue weighted by molar-refractivity contribution is -0.137. The minimum atomic E-state index is -0.969. The van der Waals surface area contributed by atoms with Crippen molar-refractivity contribution in [2.75, 3.05) is 30.4 Å². The molecule has 2 heterocycles. The second-order valence-corrected chi connectivity index (χ2v) is 9.60. The summed E-state index contributed by atoms with van der Waals surface area (Å²) in [6.07, 6.45) is 4.49. The molecule has 3 aromatic rings. The molecule has 0 unspecified atom stereocenters. The van der Waals surface area contributed by atoms with Gasteiger partial charge >= 0.3 is 5.97 Å².